The fourth-order valence-electron chi connectivity index (χ4n) is 2.69. The van der Waals surface area contributed by atoms with Crippen molar-refractivity contribution >= 4 is 21.7 Å². The smallest absolute Gasteiger partial charge is 0.338 e. The minimum absolute atomic E-state index is 0.280. The first kappa shape index (κ1) is 18.0. The van der Waals surface area contributed by atoms with Crippen LogP contribution in [0.15, 0.2) is 41.3 Å². The van der Waals surface area contributed by atoms with Gasteiger partial charge in [0.15, 0.2) is 0 Å². The van der Waals surface area contributed by atoms with E-state index in [2.05, 4.69) is 4.72 Å². The van der Waals surface area contributed by atoms with Gasteiger partial charge in [-0.2, -0.15) is 0 Å². The normalized spacial score (nSPS) is 11.2. The summed E-state index contributed by atoms with van der Waals surface area (Å²) in [7, 11) is -3.70. The number of rotatable bonds is 5. The molecule has 0 aliphatic rings. The van der Waals surface area contributed by atoms with Crippen LogP contribution in [0.25, 0.3) is 0 Å². The number of ether oxygens (including phenoxy) is 1. The Morgan fingerprint density at radius 1 is 1.04 bits per heavy atom. The maximum Gasteiger partial charge on any atom is 0.338 e. The molecule has 2 aromatic rings. The Labute approximate surface area is 142 Å². The molecule has 0 saturated carbocycles. The molecule has 0 fully saturated rings. The Bertz CT molecular complexity index is 832. The minimum atomic E-state index is -3.70. The first-order valence-electron chi connectivity index (χ1n) is 7.62. The summed E-state index contributed by atoms with van der Waals surface area (Å²) in [6, 6.07) is 9.83. The van der Waals surface area contributed by atoms with E-state index in [-0.39, 0.29) is 4.90 Å². The average Bonchev–Trinajstić information content (AvgIpc) is 2.46. The summed E-state index contributed by atoms with van der Waals surface area (Å²) in [6.07, 6.45) is 0. The fraction of sp³-hybridized carbons (Fsp3) is 0.278. The molecule has 128 valence electrons. The van der Waals surface area contributed by atoms with Crippen LogP contribution in [0.1, 0.15) is 34.0 Å². The van der Waals surface area contributed by atoms with Crippen molar-refractivity contribution in [3.8, 4) is 0 Å². The van der Waals surface area contributed by atoms with E-state index in [1.165, 1.54) is 12.1 Å². The van der Waals surface area contributed by atoms with E-state index in [1.807, 2.05) is 19.1 Å². The first-order chi connectivity index (χ1) is 11.2. The highest BCUT2D eigenvalue weighted by Crippen LogP contribution is 2.24. The van der Waals surface area contributed by atoms with Gasteiger partial charge in [-0.15, -0.1) is 0 Å². The maximum atomic E-state index is 12.7. The number of carbonyl (C=O) groups excluding carboxylic acids is 1. The monoisotopic (exact) mass is 347 g/mol. The van der Waals surface area contributed by atoms with Crippen LogP contribution in [-0.4, -0.2) is 21.0 Å². The van der Waals surface area contributed by atoms with Gasteiger partial charge in [-0.1, -0.05) is 17.7 Å². The summed E-state index contributed by atoms with van der Waals surface area (Å²) >= 11 is 0. The van der Waals surface area contributed by atoms with Crippen LogP contribution in [0.2, 0.25) is 0 Å². The van der Waals surface area contributed by atoms with Gasteiger partial charge in [0, 0.05) is 5.69 Å². The molecule has 5 nitrogen and oxygen atoms in total. The van der Waals surface area contributed by atoms with Gasteiger partial charge in [-0.3, -0.25) is 4.72 Å². The highest BCUT2D eigenvalue weighted by atomic mass is 32.2. The highest BCUT2D eigenvalue weighted by Gasteiger charge is 2.20. The molecule has 0 atom stereocenters. The molecule has 0 heterocycles. The Morgan fingerprint density at radius 2 is 1.58 bits per heavy atom. The number of hydrogen-bond acceptors (Lipinski definition) is 4. The number of carbonyl (C=O) groups is 1. The summed E-state index contributed by atoms with van der Waals surface area (Å²) in [5.41, 5.74) is 3.18. The molecule has 0 aromatic heterocycles. The molecule has 0 bridgehead atoms. The summed E-state index contributed by atoms with van der Waals surface area (Å²) in [5, 5.41) is 0. The van der Waals surface area contributed by atoms with Gasteiger partial charge >= 0.3 is 5.97 Å². The molecule has 1 N–H and O–H groups in total. The van der Waals surface area contributed by atoms with E-state index in [1.54, 1.807) is 32.9 Å². The van der Waals surface area contributed by atoms with Gasteiger partial charge in [0.25, 0.3) is 10.0 Å². The second kappa shape index (κ2) is 7.05. The Hall–Kier alpha value is -2.34. The lowest BCUT2D eigenvalue weighted by atomic mass is 10.1. The number of aryl methyl sites for hydroxylation is 3. The van der Waals surface area contributed by atoms with Crippen molar-refractivity contribution in [3.05, 3.63) is 58.7 Å². The molecule has 0 spiro atoms. The van der Waals surface area contributed by atoms with Crippen molar-refractivity contribution in [2.75, 3.05) is 11.3 Å². The van der Waals surface area contributed by atoms with Crippen LogP contribution in [0.5, 0.6) is 0 Å². The molecule has 0 radical (unpaired) electrons. The van der Waals surface area contributed by atoms with Crippen molar-refractivity contribution in [2.24, 2.45) is 0 Å². The Morgan fingerprint density at radius 3 is 2.08 bits per heavy atom. The quantitative estimate of drug-likeness (QED) is 0.839. The van der Waals surface area contributed by atoms with Gasteiger partial charge in [0.2, 0.25) is 0 Å². The molecule has 0 amide bonds. The molecule has 0 unspecified atom stereocenters. The van der Waals surface area contributed by atoms with Gasteiger partial charge in [-0.25, -0.2) is 13.2 Å². The molecule has 6 heteroatoms. The van der Waals surface area contributed by atoms with E-state index in [4.69, 9.17) is 4.74 Å². The zero-order valence-corrected chi connectivity index (χ0v) is 15.0. The molecule has 2 aromatic carbocycles. The lowest BCUT2D eigenvalue weighted by Crippen LogP contribution is -2.16. The largest absolute Gasteiger partial charge is 0.462 e. The van der Waals surface area contributed by atoms with Gasteiger partial charge in [-0.05, 0) is 63.1 Å². The molecule has 0 saturated heterocycles. The predicted molar refractivity (Wildman–Crippen MR) is 93.9 cm³/mol. The third-order valence-corrected chi connectivity index (χ3v) is 5.21. The van der Waals surface area contributed by atoms with E-state index >= 15 is 0 Å². The van der Waals surface area contributed by atoms with Crippen LogP contribution >= 0.6 is 0 Å². The Balaban J connectivity index is 2.29. The number of nitrogens with one attached hydrogen (secondary N) is 1. The van der Waals surface area contributed by atoms with Crippen molar-refractivity contribution < 1.29 is 17.9 Å². The lowest BCUT2D eigenvalue weighted by Gasteiger charge is -2.14. The summed E-state index contributed by atoms with van der Waals surface area (Å²) in [6.45, 7) is 7.50. The number of hydrogen-bond donors (Lipinski definition) is 1. The van der Waals surface area contributed by atoms with Crippen molar-refractivity contribution in [1.29, 1.82) is 0 Å². The SMILES string of the molecule is CCOC(=O)c1ccc(NS(=O)(=O)c2c(C)cc(C)cc2C)cc1. The van der Waals surface area contributed by atoms with Crippen LogP contribution in [-0.2, 0) is 14.8 Å². The van der Waals surface area contributed by atoms with Crippen molar-refractivity contribution in [2.45, 2.75) is 32.6 Å². The zero-order chi connectivity index (χ0) is 17.9. The molecule has 0 aliphatic heterocycles. The standard InChI is InChI=1S/C18H21NO4S/c1-5-23-18(20)15-6-8-16(9-7-15)19-24(21,22)17-13(3)10-12(2)11-14(17)4/h6-11,19H,5H2,1-4H3. The zero-order valence-electron chi connectivity index (χ0n) is 14.2. The minimum Gasteiger partial charge on any atom is -0.462 e. The van der Waals surface area contributed by atoms with E-state index in [0.717, 1.165) is 5.56 Å². The number of sulfonamides is 1. The number of esters is 1. The van der Waals surface area contributed by atoms with Gasteiger partial charge < -0.3 is 4.74 Å². The highest BCUT2D eigenvalue weighted by molar-refractivity contribution is 7.92. The van der Waals surface area contributed by atoms with E-state index in [0.29, 0.717) is 29.0 Å². The lowest BCUT2D eigenvalue weighted by molar-refractivity contribution is 0.0526. The van der Waals surface area contributed by atoms with Crippen molar-refractivity contribution in [3.63, 3.8) is 0 Å². The van der Waals surface area contributed by atoms with Crippen LogP contribution in [0.3, 0.4) is 0 Å². The van der Waals surface area contributed by atoms with Gasteiger partial charge in [0.05, 0.1) is 17.1 Å². The molecular weight excluding hydrogens is 326 g/mol. The number of benzene rings is 2. The number of anilines is 1. The predicted octanol–water partition coefficient (Wildman–Crippen LogP) is 3.59. The first-order valence-corrected chi connectivity index (χ1v) is 9.10. The third kappa shape index (κ3) is 3.94. The summed E-state index contributed by atoms with van der Waals surface area (Å²) in [4.78, 5) is 11.9. The third-order valence-electron chi connectivity index (χ3n) is 3.52. The van der Waals surface area contributed by atoms with Gasteiger partial charge in [0.1, 0.15) is 0 Å². The Kier molecular flexibility index (Phi) is 5.29. The van der Waals surface area contributed by atoms with Crippen LogP contribution in [0.4, 0.5) is 5.69 Å². The fourth-order valence-corrected chi connectivity index (χ4v) is 4.20. The summed E-state index contributed by atoms with van der Waals surface area (Å²) in [5.74, 6) is -0.433. The second-order valence-electron chi connectivity index (χ2n) is 5.63. The maximum absolute atomic E-state index is 12.7. The second-order valence-corrected chi connectivity index (χ2v) is 7.25. The molecule has 24 heavy (non-hydrogen) atoms. The van der Waals surface area contributed by atoms with Crippen molar-refractivity contribution in [1.82, 2.24) is 0 Å². The molecule has 0 aliphatic carbocycles. The van der Waals surface area contributed by atoms with E-state index in [9.17, 15) is 13.2 Å². The molecule has 2 rings (SSSR count). The summed E-state index contributed by atoms with van der Waals surface area (Å²) < 4.78 is 32.8. The topological polar surface area (TPSA) is 72.5 Å². The average molecular weight is 347 g/mol. The molecular formula is C18H21NO4S. The van der Waals surface area contributed by atoms with E-state index < -0.39 is 16.0 Å². The van der Waals surface area contributed by atoms with Crippen LogP contribution < -0.4 is 4.72 Å². The van der Waals surface area contributed by atoms with Crippen LogP contribution in [0, 0.1) is 20.8 Å².